The molecule has 6 nitrogen and oxygen atoms in total. The van der Waals surface area contributed by atoms with Crippen molar-refractivity contribution in [3.8, 4) is 0 Å². The van der Waals surface area contributed by atoms with E-state index in [1.165, 1.54) is 4.90 Å². The third kappa shape index (κ3) is 6.26. The molecule has 1 aromatic heterocycles. The Labute approximate surface area is 118 Å². The molecule has 0 fully saturated rings. The van der Waals surface area contributed by atoms with Crippen LogP contribution in [0.2, 0.25) is 0 Å². The summed E-state index contributed by atoms with van der Waals surface area (Å²) in [6, 6.07) is 3.61. The monoisotopic (exact) mass is 282 g/mol. The van der Waals surface area contributed by atoms with Gasteiger partial charge in [-0.2, -0.15) is 0 Å². The number of urea groups is 1. The average molecular weight is 282 g/mol. The van der Waals surface area contributed by atoms with Crippen LogP contribution in [0, 0.1) is 0 Å². The Morgan fingerprint density at radius 2 is 2.25 bits per heavy atom. The van der Waals surface area contributed by atoms with Gasteiger partial charge in [0.15, 0.2) is 0 Å². The molecule has 1 heterocycles. The van der Waals surface area contributed by atoms with E-state index >= 15 is 0 Å². The summed E-state index contributed by atoms with van der Waals surface area (Å²) in [6.07, 6.45) is 3.74. The van der Waals surface area contributed by atoms with Gasteiger partial charge in [0.25, 0.3) is 0 Å². The highest BCUT2D eigenvalue weighted by atomic mass is 16.4. The summed E-state index contributed by atoms with van der Waals surface area (Å²) in [6.45, 7) is 2.37. The van der Waals surface area contributed by atoms with Crippen LogP contribution in [-0.2, 0) is 11.2 Å². The first-order valence-electron chi connectivity index (χ1n) is 6.75. The van der Waals surface area contributed by atoms with Crippen LogP contribution in [0.15, 0.2) is 22.8 Å². The van der Waals surface area contributed by atoms with E-state index in [0.717, 1.165) is 18.6 Å². The minimum absolute atomic E-state index is 0.0366. The summed E-state index contributed by atoms with van der Waals surface area (Å²) in [5.41, 5.74) is 0. The number of nitrogens with one attached hydrogen (secondary N) is 1. The third-order valence-electron chi connectivity index (χ3n) is 3.00. The van der Waals surface area contributed by atoms with Gasteiger partial charge in [-0.15, -0.1) is 0 Å². The van der Waals surface area contributed by atoms with Gasteiger partial charge in [-0.1, -0.05) is 0 Å². The van der Waals surface area contributed by atoms with E-state index in [-0.39, 0.29) is 18.5 Å². The van der Waals surface area contributed by atoms with Crippen LogP contribution in [0.1, 0.15) is 31.9 Å². The van der Waals surface area contributed by atoms with Crippen molar-refractivity contribution < 1.29 is 19.1 Å². The highest BCUT2D eigenvalue weighted by Crippen LogP contribution is 2.06. The molecule has 0 aromatic carbocycles. The molecule has 0 saturated heterocycles. The molecule has 0 aliphatic rings. The molecule has 0 saturated carbocycles. The van der Waals surface area contributed by atoms with Crippen molar-refractivity contribution in [1.82, 2.24) is 10.2 Å². The normalized spacial score (nSPS) is 11.9. The molecule has 112 valence electrons. The number of carbonyl (C=O) groups excluding carboxylic acids is 1. The van der Waals surface area contributed by atoms with Gasteiger partial charge in [-0.25, -0.2) is 4.79 Å². The number of carbonyl (C=O) groups is 2. The molecule has 0 aliphatic heterocycles. The van der Waals surface area contributed by atoms with Crippen LogP contribution >= 0.6 is 0 Å². The second kappa shape index (κ2) is 8.24. The Morgan fingerprint density at radius 1 is 1.50 bits per heavy atom. The van der Waals surface area contributed by atoms with Gasteiger partial charge in [-0.05, 0) is 31.9 Å². The van der Waals surface area contributed by atoms with Crippen molar-refractivity contribution >= 4 is 12.0 Å². The lowest BCUT2D eigenvalue weighted by Gasteiger charge is -2.21. The van der Waals surface area contributed by atoms with Crippen molar-refractivity contribution in [2.45, 2.75) is 38.6 Å². The van der Waals surface area contributed by atoms with Crippen LogP contribution in [0.25, 0.3) is 0 Å². The number of hydrogen-bond donors (Lipinski definition) is 2. The number of aryl methyl sites for hydroxylation is 1. The van der Waals surface area contributed by atoms with Crippen molar-refractivity contribution in [3.05, 3.63) is 24.2 Å². The van der Waals surface area contributed by atoms with Crippen LogP contribution in [0.3, 0.4) is 0 Å². The quantitative estimate of drug-likeness (QED) is 0.765. The van der Waals surface area contributed by atoms with E-state index in [1.807, 2.05) is 19.1 Å². The molecular formula is C14H22N2O4. The summed E-state index contributed by atoms with van der Waals surface area (Å²) >= 11 is 0. The standard InChI is InChI=1S/C14H22N2O4/c1-11(7-8-12-5-4-10-20-12)15-14(19)16(2)9-3-6-13(17)18/h4-5,10-11H,3,6-9H2,1-2H3,(H,15,19)(H,17,18). The maximum atomic E-state index is 11.8. The summed E-state index contributed by atoms with van der Waals surface area (Å²) in [4.78, 5) is 23.7. The molecule has 2 amide bonds. The molecule has 0 spiro atoms. The predicted octanol–water partition coefficient (Wildman–Crippen LogP) is 2.11. The maximum Gasteiger partial charge on any atom is 0.317 e. The Balaban J connectivity index is 2.20. The van der Waals surface area contributed by atoms with Gasteiger partial charge < -0.3 is 19.7 Å². The number of amides is 2. The lowest BCUT2D eigenvalue weighted by Crippen LogP contribution is -2.42. The van der Waals surface area contributed by atoms with Crippen LogP contribution in [0.5, 0.6) is 0 Å². The maximum absolute atomic E-state index is 11.8. The fourth-order valence-corrected chi connectivity index (χ4v) is 1.78. The fourth-order valence-electron chi connectivity index (χ4n) is 1.78. The van der Waals surface area contributed by atoms with Gasteiger partial charge in [0, 0.05) is 32.5 Å². The van der Waals surface area contributed by atoms with Crippen LogP contribution < -0.4 is 5.32 Å². The number of furan rings is 1. The van der Waals surface area contributed by atoms with Crippen molar-refractivity contribution in [3.63, 3.8) is 0 Å². The summed E-state index contributed by atoms with van der Waals surface area (Å²) in [5, 5.41) is 11.4. The van der Waals surface area contributed by atoms with E-state index in [4.69, 9.17) is 9.52 Å². The lowest BCUT2D eigenvalue weighted by atomic mass is 10.1. The van der Waals surface area contributed by atoms with E-state index < -0.39 is 5.97 Å². The van der Waals surface area contributed by atoms with E-state index in [1.54, 1.807) is 13.3 Å². The lowest BCUT2D eigenvalue weighted by molar-refractivity contribution is -0.137. The van der Waals surface area contributed by atoms with Crippen molar-refractivity contribution in [2.24, 2.45) is 0 Å². The molecule has 6 heteroatoms. The van der Waals surface area contributed by atoms with Crippen molar-refractivity contribution in [2.75, 3.05) is 13.6 Å². The average Bonchev–Trinajstić information content (AvgIpc) is 2.88. The molecule has 0 bridgehead atoms. The smallest absolute Gasteiger partial charge is 0.317 e. The number of hydrogen-bond acceptors (Lipinski definition) is 3. The molecule has 2 N–H and O–H groups in total. The summed E-state index contributed by atoms with van der Waals surface area (Å²) in [7, 11) is 1.66. The van der Waals surface area contributed by atoms with Crippen molar-refractivity contribution in [1.29, 1.82) is 0 Å². The zero-order valence-electron chi connectivity index (χ0n) is 12.0. The second-order valence-electron chi connectivity index (χ2n) is 4.89. The molecular weight excluding hydrogens is 260 g/mol. The number of nitrogens with zero attached hydrogens (tertiary/aromatic N) is 1. The Morgan fingerprint density at radius 3 is 2.85 bits per heavy atom. The highest BCUT2D eigenvalue weighted by Gasteiger charge is 2.12. The molecule has 1 aromatic rings. The first-order valence-corrected chi connectivity index (χ1v) is 6.75. The molecule has 1 atom stereocenters. The highest BCUT2D eigenvalue weighted by molar-refractivity contribution is 5.74. The summed E-state index contributed by atoms with van der Waals surface area (Å²) in [5.74, 6) is 0.0616. The largest absolute Gasteiger partial charge is 0.481 e. The molecule has 0 aliphatic carbocycles. The SMILES string of the molecule is CC(CCc1ccco1)NC(=O)N(C)CCCC(=O)O. The minimum Gasteiger partial charge on any atom is -0.481 e. The van der Waals surface area contributed by atoms with Crippen LogP contribution in [-0.4, -0.2) is 41.6 Å². The first kappa shape index (κ1) is 16.1. The molecule has 20 heavy (non-hydrogen) atoms. The topological polar surface area (TPSA) is 82.8 Å². The zero-order valence-corrected chi connectivity index (χ0v) is 12.0. The molecule has 1 unspecified atom stereocenters. The van der Waals surface area contributed by atoms with Gasteiger partial charge in [0.1, 0.15) is 5.76 Å². The fraction of sp³-hybridized carbons (Fsp3) is 0.571. The number of carboxylic acids is 1. The van der Waals surface area contributed by atoms with Gasteiger partial charge >= 0.3 is 12.0 Å². The number of carboxylic acid groups (broad SMARTS) is 1. The molecule has 0 radical (unpaired) electrons. The molecule has 1 rings (SSSR count). The Hall–Kier alpha value is -1.98. The van der Waals surface area contributed by atoms with E-state index in [9.17, 15) is 9.59 Å². The van der Waals surface area contributed by atoms with Gasteiger partial charge in [-0.3, -0.25) is 4.79 Å². The van der Waals surface area contributed by atoms with Gasteiger partial charge in [0.2, 0.25) is 0 Å². The van der Waals surface area contributed by atoms with Gasteiger partial charge in [0.05, 0.1) is 6.26 Å². The number of aliphatic carboxylic acids is 1. The number of rotatable bonds is 8. The minimum atomic E-state index is -0.842. The Bertz CT molecular complexity index is 417. The summed E-state index contributed by atoms with van der Waals surface area (Å²) < 4.78 is 5.23. The Kier molecular flexibility index (Phi) is 6.63. The second-order valence-corrected chi connectivity index (χ2v) is 4.89. The zero-order chi connectivity index (χ0) is 15.0. The predicted molar refractivity (Wildman–Crippen MR) is 74.5 cm³/mol. The van der Waals surface area contributed by atoms with Crippen LogP contribution in [0.4, 0.5) is 4.79 Å². The van der Waals surface area contributed by atoms with E-state index in [0.29, 0.717) is 13.0 Å². The van der Waals surface area contributed by atoms with E-state index in [2.05, 4.69) is 5.32 Å². The third-order valence-corrected chi connectivity index (χ3v) is 3.00. The first-order chi connectivity index (χ1) is 9.49.